The van der Waals surface area contributed by atoms with Crippen molar-refractivity contribution in [1.82, 2.24) is 9.55 Å². The molecule has 1 aromatic rings. The van der Waals surface area contributed by atoms with Gasteiger partial charge in [0, 0.05) is 12.3 Å². The third-order valence-electron chi connectivity index (χ3n) is 2.56. The van der Waals surface area contributed by atoms with E-state index in [9.17, 15) is 15.0 Å². The number of nitrogens with zero attached hydrogens (tertiary/aromatic N) is 4. The van der Waals surface area contributed by atoms with Crippen LogP contribution in [0.2, 0.25) is 0 Å². The lowest BCUT2D eigenvalue weighted by molar-refractivity contribution is -0.396. The van der Waals surface area contributed by atoms with E-state index in [0.717, 1.165) is 0 Å². The summed E-state index contributed by atoms with van der Waals surface area (Å²) >= 11 is 5.64. The zero-order valence-electron chi connectivity index (χ0n) is 9.32. The van der Waals surface area contributed by atoms with Crippen molar-refractivity contribution in [2.24, 2.45) is 11.1 Å². The van der Waals surface area contributed by atoms with Crippen LogP contribution in [-0.2, 0) is 6.54 Å². The van der Waals surface area contributed by atoms with Crippen molar-refractivity contribution in [1.29, 1.82) is 0 Å². The molecule has 0 saturated heterocycles. The molecule has 0 aliphatic carbocycles. The zero-order chi connectivity index (χ0) is 12.8. The Morgan fingerprint density at radius 2 is 2.41 bits per heavy atom. The molecule has 17 heavy (non-hydrogen) atoms. The van der Waals surface area contributed by atoms with Gasteiger partial charge in [0.15, 0.2) is 0 Å². The Bertz CT molecular complexity index is 395. The predicted molar refractivity (Wildman–Crippen MR) is 63.0 cm³/mol. The van der Waals surface area contributed by atoms with Crippen LogP contribution in [0, 0.1) is 20.9 Å². The number of aromatic nitrogens is 2. The fourth-order valence-corrected chi connectivity index (χ4v) is 1.67. The first-order valence-corrected chi connectivity index (χ1v) is 5.67. The average molecular weight is 261 g/mol. The monoisotopic (exact) mass is 260 g/mol. The highest BCUT2D eigenvalue weighted by atomic mass is 35.5. The first kappa shape index (κ1) is 13.6. The van der Waals surface area contributed by atoms with E-state index in [1.165, 1.54) is 17.0 Å². The molecule has 0 aromatic carbocycles. The number of nitro groups is 1. The van der Waals surface area contributed by atoms with Crippen molar-refractivity contribution in [3.05, 3.63) is 27.4 Å². The summed E-state index contributed by atoms with van der Waals surface area (Å²) < 4.78 is 1.39. The molecule has 0 bridgehead atoms. The molecule has 94 valence electrons. The van der Waals surface area contributed by atoms with Crippen molar-refractivity contribution in [2.45, 2.75) is 25.9 Å². The topological polar surface area (TPSA) is 90.4 Å². The van der Waals surface area contributed by atoms with E-state index in [4.69, 9.17) is 11.6 Å². The van der Waals surface area contributed by atoms with Crippen LogP contribution in [0.25, 0.3) is 0 Å². The maximum absolute atomic E-state index is 10.6. The summed E-state index contributed by atoms with van der Waals surface area (Å²) in [6.45, 7) is 2.15. The quantitative estimate of drug-likeness (QED) is 0.325. The van der Waals surface area contributed by atoms with Gasteiger partial charge in [-0.3, -0.25) is 0 Å². The average Bonchev–Trinajstić information content (AvgIpc) is 2.77. The Hall–Kier alpha value is -1.50. The van der Waals surface area contributed by atoms with Gasteiger partial charge in [0.05, 0.1) is 12.6 Å². The van der Waals surface area contributed by atoms with Gasteiger partial charge in [0.1, 0.15) is 12.4 Å². The first-order valence-electron chi connectivity index (χ1n) is 5.14. The minimum Gasteiger partial charge on any atom is -0.390 e. The highest BCUT2D eigenvalue weighted by Gasteiger charge is 2.20. The summed E-state index contributed by atoms with van der Waals surface area (Å²) in [5.41, 5.74) is 0. The maximum Gasteiger partial charge on any atom is 0.434 e. The Kier molecular flexibility index (Phi) is 5.02. The maximum atomic E-state index is 10.6. The van der Waals surface area contributed by atoms with E-state index < -0.39 is 11.0 Å². The van der Waals surface area contributed by atoms with Gasteiger partial charge in [-0.05, 0) is 10.8 Å². The van der Waals surface area contributed by atoms with Crippen LogP contribution in [0.5, 0.6) is 0 Å². The molecule has 0 saturated carbocycles. The van der Waals surface area contributed by atoms with E-state index in [-0.39, 0.29) is 11.9 Å². The fraction of sp³-hybridized carbons (Fsp3) is 0.667. The third kappa shape index (κ3) is 3.48. The van der Waals surface area contributed by atoms with E-state index in [2.05, 4.69) is 10.2 Å². The molecule has 2 atom stereocenters. The Labute approximate surface area is 103 Å². The van der Waals surface area contributed by atoms with E-state index in [0.29, 0.717) is 18.8 Å². The van der Waals surface area contributed by atoms with Crippen LogP contribution >= 0.6 is 11.6 Å². The van der Waals surface area contributed by atoms with Crippen LogP contribution < -0.4 is 0 Å². The van der Waals surface area contributed by atoms with Gasteiger partial charge in [-0.1, -0.05) is 17.1 Å². The molecule has 0 aliphatic rings. The summed E-state index contributed by atoms with van der Waals surface area (Å²) in [5.74, 6) is 0.0625. The third-order valence-corrected chi connectivity index (χ3v) is 3.04. The van der Waals surface area contributed by atoms with Gasteiger partial charge in [-0.2, -0.15) is 4.91 Å². The van der Waals surface area contributed by atoms with Gasteiger partial charge in [-0.25, -0.2) is 4.57 Å². The molecule has 0 spiro atoms. The van der Waals surface area contributed by atoms with E-state index >= 15 is 0 Å². The van der Waals surface area contributed by atoms with Gasteiger partial charge in [0.2, 0.25) is 0 Å². The molecule has 1 heterocycles. The van der Waals surface area contributed by atoms with E-state index in [1.807, 2.05) is 6.92 Å². The summed E-state index contributed by atoms with van der Waals surface area (Å²) in [7, 11) is 0. The number of halogens is 1. The Morgan fingerprint density at radius 1 is 1.71 bits per heavy atom. The van der Waals surface area contributed by atoms with Gasteiger partial charge < -0.3 is 10.1 Å². The smallest absolute Gasteiger partial charge is 0.390 e. The molecule has 7 nitrogen and oxygen atoms in total. The summed E-state index contributed by atoms with van der Waals surface area (Å²) in [4.78, 5) is 24.3. The number of hydrogen-bond donors (Lipinski definition) is 0. The summed E-state index contributed by atoms with van der Waals surface area (Å²) in [6.07, 6.45) is 3.27. The molecule has 0 amide bonds. The molecule has 1 rings (SSSR count). The Morgan fingerprint density at radius 3 is 2.94 bits per heavy atom. The van der Waals surface area contributed by atoms with Crippen LogP contribution in [0.15, 0.2) is 17.6 Å². The van der Waals surface area contributed by atoms with Gasteiger partial charge >= 0.3 is 5.95 Å². The lowest BCUT2D eigenvalue weighted by atomic mass is 10.0. The molecule has 8 heteroatoms. The van der Waals surface area contributed by atoms with Crippen molar-refractivity contribution in [2.75, 3.05) is 5.88 Å². The number of aryl methyl sites for hydroxylation is 1. The fourth-order valence-electron chi connectivity index (χ4n) is 1.46. The highest BCUT2D eigenvalue weighted by Crippen LogP contribution is 2.16. The summed E-state index contributed by atoms with van der Waals surface area (Å²) in [5, 5.41) is 13.6. The lowest BCUT2D eigenvalue weighted by Gasteiger charge is -2.13. The zero-order valence-corrected chi connectivity index (χ0v) is 10.1. The van der Waals surface area contributed by atoms with Crippen LogP contribution in [0.3, 0.4) is 0 Å². The van der Waals surface area contributed by atoms with Crippen molar-refractivity contribution in [3.63, 3.8) is 0 Å². The standard InChI is InChI=1S/C9H13ClN4O3/c1-7(6-10)8(12-15)2-4-13-5-3-11-9(13)14(16)17/h3,5,7-8H,2,4,6H2,1H3. The number of alkyl halides is 1. The van der Waals surface area contributed by atoms with E-state index in [1.54, 1.807) is 0 Å². The van der Waals surface area contributed by atoms with Crippen molar-refractivity contribution < 1.29 is 4.92 Å². The second-order valence-corrected chi connectivity index (χ2v) is 4.08. The minimum absolute atomic E-state index is 0.0447. The van der Waals surface area contributed by atoms with Crippen LogP contribution in [-0.4, -0.2) is 26.4 Å². The number of rotatable bonds is 7. The normalized spacial score (nSPS) is 14.2. The number of hydrogen-bond acceptors (Lipinski definition) is 5. The largest absolute Gasteiger partial charge is 0.434 e. The molecule has 2 unspecified atom stereocenters. The number of imidazole rings is 1. The molecule has 1 aromatic heterocycles. The lowest BCUT2D eigenvalue weighted by Crippen LogP contribution is -2.19. The molecular weight excluding hydrogens is 248 g/mol. The van der Waals surface area contributed by atoms with Crippen LogP contribution in [0.1, 0.15) is 13.3 Å². The second-order valence-electron chi connectivity index (χ2n) is 3.77. The molecule has 0 aliphatic heterocycles. The van der Waals surface area contributed by atoms with Crippen LogP contribution in [0.4, 0.5) is 5.95 Å². The molecule has 0 fully saturated rings. The highest BCUT2D eigenvalue weighted by molar-refractivity contribution is 6.18. The molecule has 0 N–H and O–H groups in total. The predicted octanol–water partition coefficient (Wildman–Crippen LogP) is 2.19. The SMILES string of the molecule is CC(CCl)C(CCn1ccnc1[N+](=O)[O-])N=O. The van der Waals surface area contributed by atoms with Crippen molar-refractivity contribution >= 4 is 17.5 Å². The Balaban J connectivity index is 2.62. The first-order chi connectivity index (χ1) is 8.10. The minimum atomic E-state index is -0.561. The summed E-state index contributed by atoms with van der Waals surface area (Å²) in [6, 6.07) is -0.436. The van der Waals surface area contributed by atoms with Crippen molar-refractivity contribution in [3.8, 4) is 0 Å². The van der Waals surface area contributed by atoms with Gasteiger partial charge in [-0.15, -0.1) is 11.6 Å². The molecular formula is C9H13ClN4O3. The molecule has 0 radical (unpaired) electrons. The second kappa shape index (κ2) is 6.29. The van der Waals surface area contributed by atoms with Gasteiger partial charge in [0.25, 0.3) is 0 Å². The number of nitroso groups, excluding NO2 is 1.